The molecule has 1 atom stereocenters. The van der Waals surface area contributed by atoms with Gasteiger partial charge in [-0.15, -0.1) is 0 Å². The molecule has 0 saturated carbocycles. The molecule has 0 bridgehead atoms. The highest BCUT2D eigenvalue weighted by atomic mass is 15.2. The maximum Gasteiger partial charge on any atom is 0.0187 e. The van der Waals surface area contributed by atoms with Crippen LogP contribution in [-0.2, 0) is 0 Å². The van der Waals surface area contributed by atoms with E-state index in [1.165, 1.54) is 26.1 Å². The average molecular weight is 184 g/mol. The Kier molecular flexibility index (Phi) is 3.36. The van der Waals surface area contributed by atoms with Crippen LogP contribution in [0.3, 0.4) is 0 Å². The van der Waals surface area contributed by atoms with Crippen molar-refractivity contribution in [2.45, 2.75) is 32.7 Å². The molecule has 13 heavy (non-hydrogen) atoms. The number of nitrogens with zero attached hydrogens (tertiary/aromatic N) is 2. The Morgan fingerprint density at radius 2 is 2.00 bits per heavy atom. The Morgan fingerprint density at radius 3 is 2.38 bits per heavy atom. The molecule has 2 heteroatoms. The summed E-state index contributed by atoms with van der Waals surface area (Å²) in [6.45, 7) is 10.7. The fourth-order valence-electron chi connectivity index (χ4n) is 2.06. The highest BCUT2D eigenvalue weighted by Gasteiger charge is 2.35. The van der Waals surface area contributed by atoms with Crippen molar-refractivity contribution in [2.75, 3.05) is 33.7 Å². The van der Waals surface area contributed by atoms with Gasteiger partial charge in [0, 0.05) is 12.1 Å². The molecular weight excluding hydrogens is 160 g/mol. The van der Waals surface area contributed by atoms with Gasteiger partial charge in [0.25, 0.3) is 0 Å². The molecule has 0 radical (unpaired) electrons. The molecule has 0 aromatic carbocycles. The van der Waals surface area contributed by atoms with Gasteiger partial charge in [-0.25, -0.2) is 0 Å². The molecule has 78 valence electrons. The monoisotopic (exact) mass is 184 g/mol. The molecule has 0 aromatic heterocycles. The van der Waals surface area contributed by atoms with E-state index >= 15 is 0 Å². The zero-order valence-corrected chi connectivity index (χ0v) is 9.80. The molecule has 1 saturated heterocycles. The summed E-state index contributed by atoms with van der Waals surface area (Å²) in [5, 5.41) is 0. The Labute approximate surface area is 82.9 Å². The summed E-state index contributed by atoms with van der Waals surface area (Å²) in [5.41, 5.74) is 0.351. The Morgan fingerprint density at radius 1 is 1.38 bits per heavy atom. The van der Waals surface area contributed by atoms with E-state index in [2.05, 4.69) is 44.7 Å². The van der Waals surface area contributed by atoms with Crippen LogP contribution in [0.1, 0.15) is 27.2 Å². The Balaban J connectivity index is 2.54. The molecule has 1 heterocycles. The van der Waals surface area contributed by atoms with Gasteiger partial charge in [-0.1, -0.05) is 6.92 Å². The third kappa shape index (κ3) is 2.23. The zero-order chi connectivity index (χ0) is 10.1. The fraction of sp³-hybridized carbons (Fsp3) is 1.00. The van der Waals surface area contributed by atoms with E-state index in [1.54, 1.807) is 0 Å². The second-order valence-corrected chi connectivity index (χ2v) is 4.93. The first-order chi connectivity index (χ1) is 5.98. The maximum absolute atomic E-state index is 2.55. The van der Waals surface area contributed by atoms with Crippen LogP contribution in [0.5, 0.6) is 0 Å². The smallest absolute Gasteiger partial charge is 0.0187 e. The van der Waals surface area contributed by atoms with Crippen molar-refractivity contribution in [1.82, 2.24) is 9.80 Å². The van der Waals surface area contributed by atoms with Gasteiger partial charge in [0.15, 0.2) is 0 Å². The van der Waals surface area contributed by atoms with Crippen molar-refractivity contribution in [3.05, 3.63) is 0 Å². The summed E-state index contributed by atoms with van der Waals surface area (Å²) in [7, 11) is 4.38. The molecule has 1 rings (SSSR count). The molecule has 0 aromatic rings. The summed E-state index contributed by atoms with van der Waals surface area (Å²) in [6.07, 6.45) is 1.36. The first-order valence-electron chi connectivity index (χ1n) is 5.38. The van der Waals surface area contributed by atoms with E-state index in [0.29, 0.717) is 5.54 Å². The van der Waals surface area contributed by atoms with Crippen LogP contribution in [0.15, 0.2) is 0 Å². The summed E-state index contributed by atoms with van der Waals surface area (Å²) >= 11 is 0. The molecule has 0 spiro atoms. The Hall–Kier alpha value is -0.0800. The number of likely N-dealkylation sites (tertiary alicyclic amines) is 1. The highest BCUT2D eigenvalue weighted by Crippen LogP contribution is 2.30. The highest BCUT2D eigenvalue weighted by molar-refractivity contribution is 4.91. The van der Waals surface area contributed by atoms with Gasteiger partial charge in [0.1, 0.15) is 0 Å². The lowest BCUT2D eigenvalue weighted by Gasteiger charge is -2.38. The predicted molar refractivity (Wildman–Crippen MR) is 58.0 cm³/mol. The summed E-state index contributed by atoms with van der Waals surface area (Å²) < 4.78 is 0. The zero-order valence-electron chi connectivity index (χ0n) is 9.80. The van der Waals surface area contributed by atoms with Gasteiger partial charge in [-0.2, -0.15) is 0 Å². The lowest BCUT2D eigenvalue weighted by Crippen LogP contribution is -2.46. The van der Waals surface area contributed by atoms with Gasteiger partial charge in [-0.05, 0) is 53.4 Å². The quantitative estimate of drug-likeness (QED) is 0.658. The number of rotatable bonds is 3. The topological polar surface area (TPSA) is 6.48 Å². The lowest BCUT2D eigenvalue weighted by atomic mass is 9.86. The van der Waals surface area contributed by atoms with Crippen LogP contribution >= 0.6 is 0 Å². The molecule has 0 N–H and O–H groups in total. The van der Waals surface area contributed by atoms with E-state index in [9.17, 15) is 0 Å². The first kappa shape index (κ1) is 11.0. The van der Waals surface area contributed by atoms with Crippen LogP contribution < -0.4 is 0 Å². The minimum Gasteiger partial charge on any atom is -0.304 e. The largest absolute Gasteiger partial charge is 0.304 e. The number of hydrogen-bond donors (Lipinski definition) is 0. The second-order valence-electron chi connectivity index (χ2n) is 4.93. The van der Waals surface area contributed by atoms with Gasteiger partial charge in [0.2, 0.25) is 0 Å². The molecule has 1 fully saturated rings. The minimum absolute atomic E-state index is 0.351. The standard InChI is InChI=1S/C11H24N2/c1-6-13-8-7-10(9-13)11(2,3)12(4)5/h10H,6-9H2,1-5H3. The molecule has 1 aliphatic heterocycles. The summed E-state index contributed by atoms with van der Waals surface area (Å²) in [4.78, 5) is 4.91. The third-order valence-electron chi connectivity index (χ3n) is 3.87. The summed E-state index contributed by atoms with van der Waals surface area (Å²) in [6, 6.07) is 0. The van der Waals surface area contributed by atoms with E-state index < -0.39 is 0 Å². The van der Waals surface area contributed by atoms with Gasteiger partial charge < -0.3 is 9.80 Å². The van der Waals surface area contributed by atoms with Crippen molar-refractivity contribution in [3.63, 3.8) is 0 Å². The molecule has 0 amide bonds. The van der Waals surface area contributed by atoms with E-state index in [0.717, 1.165) is 5.92 Å². The van der Waals surface area contributed by atoms with Gasteiger partial charge in [-0.3, -0.25) is 0 Å². The van der Waals surface area contributed by atoms with Crippen molar-refractivity contribution in [1.29, 1.82) is 0 Å². The molecule has 2 nitrogen and oxygen atoms in total. The van der Waals surface area contributed by atoms with Crippen LogP contribution in [0.2, 0.25) is 0 Å². The Bertz CT molecular complexity index is 163. The van der Waals surface area contributed by atoms with E-state index in [-0.39, 0.29) is 0 Å². The van der Waals surface area contributed by atoms with Gasteiger partial charge >= 0.3 is 0 Å². The summed E-state index contributed by atoms with van der Waals surface area (Å²) in [5.74, 6) is 0.836. The molecule has 1 aliphatic rings. The van der Waals surface area contributed by atoms with E-state index in [1.807, 2.05) is 0 Å². The third-order valence-corrected chi connectivity index (χ3v) is 3.87. The number of hydrogen-bond acceptors (Lipinski definition) is 2. The second kappa shape index (κ2) is 3.97. The fourth-order valence-corrected chi connectivity index (χ4v) is 2.06. The van der Waals surface area contributed by atoms with Crippen LogP contribution in [0.25, 0.3) is 0 Å². The predicted octanol–water partition coefficient (Wildman–Crippen LogP) is 1.67. The van der Waals surface area contributed by atoms with Crippen molar-refractivity contribution >= 4 is 0 Å². The van der Waals surface area contributed by atoms with Crippen LogP contribution in [0.4, 0.5) is 0 Å². The van der Waals surface area contributed by atoms with Crippen molar-refractivity contribution in [3.8, 4) is 0 Å². The molecule has 1 unspecified atom stereocenters. The van der Waals surface area contributed by atoms with Crippen molar-refractivity contribution in [2.24, 2.45) is 5.92 Å². The minimum atomic E-state index is 0.351. The van der Waals surface area contributed by atoms with Crippen LogP contribution in [-0.4, -0.2) is 49.1 Å². The maximum atomic E-state index is 2.55. The van der Waals surface area contributed by atoms with Gasteiger partial charge in [0.05, 0.1) is 0 Å². The van der Waals surface area contributed by atoms with Crippen molar-refractivity contribution < 1.29 is 0 Å². The van der Waals surface area contributed by atoms with E-state index in [4.69, 9.17) is 0 Å². The van der Waals surface area contributed by atoms with Crippen LogP contribution in [0, 0.1) is 5.92 Å². The molecule has 0 aliphatic carbocycles. The normalized spacial score (nSPS) is 25.8. The SMILES string of the molecule is CCN1CCC(C(C)(C)N(C)C)C1. The first-order valence-corrected chi connectivity index (χ1v) is 5.38. The lowest BCUT2D eigenvalue weighted by molar-refractivity contribution is 0.118. The molecular formula is C11H24N2. The average Bonchev–Trinajstić information content (AvgIpc) is 2.51.